The lowest BCUT2D eigenvalue weighted by Gasteiger charge is -2.20. The van der Waals surface area contributed by atoms with Gasteiger partial charge in [-0.3, -0.25) is 4.98 Å². The lowest BCUT2D eigenvalue weighted by Crippen LogP contribution is -2.30. The van der Waals surface area contributed by atoms with E-state index in [1.54, 1.807) is 19.1 Å². The monoisotopic (exact) mass is 233 g/mol. The molecule has 0 fully saturated rings. The number of aromatic nitrogens is 1. The Morgan fingerprint density at radius 2 is 2.06 bits per heavy atom. The number of hydrogen-bond donors (Lipinski definition) is 1. The van der Waals surface area contributed by atoms with E-state index in [1.165, 1.54) is 13.2 Å². The molecule has 0 radical (unpaired) electrons. The number of pyridine rings is 1. The SMILES string of the molecule is C[C@H](N)c1ccc(N(C)CC(F)(F)F)cn1. The van der Waals surface area contributed by atoms with Crippen molar-refractivity contribution >= 4 is 5.69 Å². The molecule has 16 heavy (non-hydrogen) atoms. The van der Waals surface area contributed by atoms with Crippen molar-refractivity contribution in [2.24, 2.45) is 5.73 Å². The molecule has 1 atom stereocenters. The molecule has 1 heterocycles. The maximum Gasteiger partial charge on any atom is 0.405 e. The fraction of sp³-hybridized carbons (Fsp3) is 0.500. The molecule has 1 aromatic heterocycles. The molecule has 0 aliphatic heterocycles. The number of rotatable bonds is 3. The largest absolute Gasteiger partial charge is 0.405 e. The van der Waals surface area contributed by atoms with Crippen LogP contribution >= 0.6 is 0 Å². The third-order valence-electron chi connectivity index (χ3n) is 2.09. The van der Waals surface area contributed by atoms with Crippen LogP contribution in [0.15, 0.2) is 18.3 Å². The second-order valence-corrected chi connectivity index (χ2v) is 3.70. The van der Waals surface area contributed by atoms with Crippen LogP contribution < -0.4 is 10.6 Å². The van der Waals surface area contributed by atoms with Gasteiger partial charge in [0.1, 0.15) is 6.54 Å². The first-order chi connectivity index (χ1) is 7.29. The zero-order valence-corrected chi connectivity index (χ0v) is 9.12. The van der Waals surface area contributed by atoms with E-state index >= 15 is 0 Å². The second kappa shape index (κ2) is 4.69. The van der Waals surface area contributed by atoms with E-state index in [0.29, 0.717) is 11.4 Å². The van der Waals surface area contributed by atoms with E-state index in [2.05, 4.69) is 4.98 Å². The molecule has 0 spiro atoms. The molecule has 0 aliphatic carbocycles. The topological polar surface area (TPSA) is 42.1 Å². The van der Waals surface area contributed by atoms with Gasteiger partial charge in [-0.15, -0.1) is 0 Å². The molecule has 0 saturated carbocycles. The standard InChI is InChI=1S/C10H14F3N3/c1-7(14)9-4-3-8(5-15-9)16(2)6-10(11,12)13/h3-5,7H,6,14H2,1-2H3/t7-/m0/s1. The van der Waals surface area contributed by atoms with Crippen LogP contribution in [0.4, 0.5) is 18.9 Å². The summed E-state index contributed by atoms with van der Waals surface area (Å²) in [6.45, 7) is 0.771. The molecule has 2 N–H and O–H groups in total. The Labute approximate surface area is 92.1 Å². The van der Waals surface area contributed by atoms with Crippen molar-refractivity contribution in [3.63, 3.8) is 0 Å². The van der Waals surface area contributed by atoms with Crippen LogP contribution in [0.2, 0.25) is 0 Å². The molecule has 0 bridgehead atoms. The fourth-order valence-corrected chi connectivity index (χ4v) is 1.25. The highest BCUT2D eigenvalue weighted by Gasteiger charge is 2.29. The van der Waals surface area contributed by atoms with Gasteiger partial charge in [0.15, 0.2) is 0 Å². The van der Waals surface area contributed by atoms with Gasteiger partial charge >= 0.3 is 6.18 Å². The second-order valence-electron chi connectivity index (χ2n) is 3.70. The highest BCUT2D eigenvalue weighted by atomic mass is 19.4. The van der Waals surface area contributed by atoms with Gasteiger partial charge in [-0.05, 0) is 19.1 Å². The van der Waals surface area contributed by atoms with Crippen molar-refractivity contribution in [1.29, 1.82) is 0 Å². The van der Waals surface area contributed by atoms with Crippen molar-refractivity contribution in [2.45, 2.75) is 19.1 Å². The van der Waals surface area contributed by atoms with Crippen molar-refractivity contribution < 1.29 is 13.2 Å². The number of alkyl halides is 3. The summed E-state index contributed by atoms with van der Waals surface area (Å²) in [5, 5.41) is 0. The number of nitrogens with zero attached hydrogens (tertiary/aromatic N) is 2. The molecule has 6 heteroatoms. The van der Waals surface area contributed by atoms with Crippen LogP contribution in [0, 0.1) is 0 Å². The molecule has 0 aromatic carbocycles. The van der Waals surface area contributed by atoms with Crippen LogP contribution in [0.3, 0.4) is 0 Å². The Balaban J connectivity index is 2.74. The summed E-state index contributed by atoms with van der Waals surface area (Å²) in [7, 11) is 1.37. The minimum atomic E-state index is -4.21. The summed E-state index contributed by atoms with van der Waals surface area (Å²) < 4.78 is 36.4. The molecule has 0 saturated heterocycles. The molecule has 3 nitrogen and oxygen atoms in total. The van der Waals surface area contributed by atoms with E-state index in [9.17, 15) is 13.2 Å². The average molecular weight is 233 g/mol. The van der Waals surface area contributed by atoms with E-state index in [-0.39, 0.29) is 6.04 Å². The van der Waals surface area contributed by atoms with Crippen LogP contribution in [0.5, 0.6) is 0 Å². The maximum atomic E-state index is 12.1. The number of halogens is 3. The van der Waals surface area contributed by atoms with Crippen molar-refractivity contribution in [1.82, 2.24) is 4.98 Å². The number of nitrogens with two attached hydrogens (primary N) is 1. The Morgan fingerprint density at radius 1 is 1.44 bits per heavy atom. The van der Waals surface area contributed by atoms with Gasteiger partial charge in [-0.2, -0.15) is 13.2 Å². The number of anilines is 1. The van der Waals surface area contributed by atoms with Gasteiger partial charge in [0, 0.05) is 13.1 Å². The minimum Gasteiger partial charge on any atom is -0.364 e. The van der Waals surface area contributed by atoms with Gasteiger partial charge in [0.05, 0.1) is 17.6 Å². The Kier molecular flexibility index (Phi) is 3.74. The molecule has 90 valence electrons. The minimum absolute atomic E-state index is 0.220. The van der Waals surface area contributed by atoms with Gasteiger partial charge in [-0.1, -0.05) is 0 Å². The van der Waals surface area contributed by atoms with Gasteiger partial charge in [0.25, 0.3) is 0 Å². The molecule has 1 rings (SSSR count). The third kappa shape index (κ3) is 3.69. The number of hydrogen-bond acceptors (Lipinski definition) is 3. The lowest BCUT2D eigenvalue weighted by molar-refractivity contribution is -0.119. The average Bonchev–Trinajstić information content (AvgIpc) is 2.15. The predicted molar refractivity (Wildman–Crippen MR) is 56.2 cm³/mol. The van der Waals surface area contributed by atoms with Crippen LogP contribution in [-0.4, -0.2) is 24.8 Å². The summed E-state index contributed by atoms with van der Waals surface area (Å²) in [4.78, 5) is 5.09. The summed E-state index contributed by atoms with van der Waals surface area (Å²) in [5.74, 6) is 0. The Bertz CT molecular complexity index is 332. The lowest BCUT2D eigenvalue weighted by atomic mass is 10.2. The first kappa shape index (κ1) is 12.8. The predicted octanol–water partition coefficient (Wildman–Crippen LogP) is 2.10. The molecule has 0 aliphatic rings. The Hall–Kier alpha value is -1.30. The van der Waals surface area contributed by atoms with E-state index in [4.69, 9.17) is 5.73 Å². The smallest absolute Gasteiger partial charge is 0.364 e. The molecular formula is C10H14F3N3. The third-order valence-corrected chi connectivity index (χ3v) is 2.09. The summed E-state index contributed by atoms with van der Waals surface area (Å²) >= 11 is 0. The van der Waals surface area contributed by atoms with E-state index in [1.807, 2.05) is 0 Å². The van der Waals surface area contributed by atoms with E-state index in [0.717, 1.165) is 4.90 Å². The maximum absolute atomic E-state index is 12.1. The van der Waals surface area contributed by atoms with Gasteiger partial charge < -0.3 is 10.6 Å². The first-order valence-corrected chi connectivity index (χ1v) is 4.79. The Morgan fingerprint density at radius 3 is 2.44 bits per heavy atom. The zero-order chi connectivity index (χ0) is 12.3. The molecule has 0 unspecified atom stereocenters. The highest BCUT2D eigenvalue weighted by molar-refractivity contribution is 5.44. The molecule has 1 aromatic rings. The van der Waals surface area contributed by atoms with Crippen molar-refractivity contribution in [3.8, 4) is 0 Å². The van der Waals surface area contributed by atoms with Gasteiger partial charge in [-0.25, -0.2) is 0 Å². The van der Waals surface area contributed by atoms with Gasteiger partial charge in [0.2, 0.25) is 0 Å². The molecular weight excluding hydrogens is 219 g/mol. The summed E-state index contributed by atoms with van der Waals surface area (Å²) in [6.07, 6.45) is -2.82. The van der Waals surface area contributed by atoms with Crippen molar-refractivity contribution in [3.05, 3.63) is 24.0 Å². The van der Waals surface area contributed by atoms with Crippen molar-refractivity contribution in [2.75, 3.05) is 18.5 Å². The van der Waals surface area contributed by atoms with Crippen LogP contribution in [-0.2, 0) is 0 Å². The highest BCUT2D eigenvalue weighted by Crippen LogP contribution is 2.20. The summed E-state index contributed by atoms with van der Waals surface area (Å²) in [6, 6.07) is 2.99. The van der Waals surface area contributed by atoms with Crippen LogP contribution in [0.25, 0.3) is 0 Å². The normalized spacial score (nSPS) is 13.6. The summed E-state index contributed by atoms with van der Waals surface area (Å²) in [5.41, 5.74) is 6.66. The van der Waals surface area contributed by atoms with E-state index < -0.39 is 12.7 Å². The zero-order valence-electron chi connectivity index (χ0n) is 9.12. The quantitative estimate of drug-likeness (QED) is 0.869. The first-order valence-electron chi connectivity index (χ1n) is 4.79. The fourth-order valence-electron chi connectivity index (χ4n) is 1.25. The van der Waals surface area contributed by atoms with Crippen LogP contribution in [0.1, 0.15) is 18.7 Å². The molecule has 0 amide bonds.